The van der Waals surface area contributed by atoms with Gasteiger partial charge in [-0.15, -0.1) is 0 Å². The fourth-order valence-electron chi connectivity index (χ4n) is 2.30. The van der Waals surface area contributed by atoms with E-state index in [0.29, 0.717) is 11.3 Å². The van der Waals surface area contributed by atoms with E-state index in [1.807, 2.05) is 19.2 Å². The van der Waals surface area contributed by atoms with Crippen molar-refractivity contribution in [3.63, 3.8) is 0 Å². The first-order valence-corrected chi connectivity index (χ1v) is 7.29. The van der Waals surface area contributed by atoms with Crippen LogP contribution in [0.3, 0.4) is 0 Å². The van der Waals surface area contributed by atoms with Gasteiger partial charge in [-0.05, 0) is 37.3 Å². The molecule has 1 nitrogen and oxygen atoms in total. The number of benzene rings is 1. The summed E-state index contributed by atoms with van der Waals surface area (Å²) < 4.78 is 0. The lowest BCUT2D eigenvalue weighted by Crippen LogP contribution is -2.29. The number of thioether (sulfide) groups is 1. The van der Waals surface area contributed by atoms with Crippen molar-refractivity contribution < 1.29 is 0 Å². The predicted molar refractivity (Wildman–Crippen MR) is 73.3 cm³/mol. The van der Waals surface area contributed by atoms with E-state index in [4.69, 9.17) is 11.6 Å². The van der Waals surface area contributed by atoms with Crippen molar-refractivity contribution in [3.8, 4) is 0 Å². The summed E-state index contributed by atoms with van der Waals surface area (Å²) in [5.74, 6) is 1.29. The van der Waals surface area contributed by atoms with Gasteiger partial charge in [0, 0.05) is 16.3 Å². The van der Waals surface area contributed by atoms with Crippen LogP contribution in [0.15, 0.2) is 24.3 Å². The van der Waals surface area contributed by atoms with Gasteiger partial charge in [-0.3, -0.25) is 0 Å². The average Bonchev–Trinajstić information content (AvgIpc) is 2.34. The predicted octanol–water partition coefficient (Wildman–Crippen LogP) is 3.89. The van der Waals surface area contributed by atoms with Gasteiger partial charge in [-0.1, -0.05) is 36.2 Å². The highest BCUT2D eigenvalue weighted by Crippen LogP contribution is 2.36. The molecule has 1 aliphatic heterocycles. The van der Waals surface area contributed by atoms with Crippen molar-refractivity contribution >= 4 is 23.4 Å². The van der Waals surface area contributed by atoms with E-state index in [9.17, 15) is 0 Å². The monoisotopic (exact) mass is 255 g/mol. The third-order valence-corrected chi connectivity index (χ3v) is 4.94. The normalized spacial score (nSPS) is 23.0. The van der Waals surface area contributed by atoms with Crippen molar-refractivity contribution in [1.82, 2.24) is 5.32 Å². The molecule has 1 aliphatic rings. The van der Waals surface area contributed by atoms with Crippen LogP contribution in [-0.2, 0) is 0 Å². The minimum Gasteiger partial charge on any atom is -0.312 e. The zero-order valence-electron chi connectivity index (χ0n) is 9.58. The van der Waals surface area contributed by atoms with Crippen LogP contribution in [0.1, 0.15) is 30.9 Å². The van der Waals surface area contributed by atoms with E-state index >= 15 is 0 Å². The lowest BCUT2D eigenvalue weighted by molar-refractivity contribution is 0.516. The molecule has 88 valence electrons. The molecule has 0 amide bonds. The van der Waals surface area contributed by atoms with Gasteiger partial charge in [0.25, 0.3) is 0 Å². The molecule has 0 bridgehead atoms. The Bertz CT molecular complexity index is 336. The van der Waals surface area contributed by atoms with Crippen LogP contribution < -0.4 is 5.32 Å². The first-order chi connectivity index (χ1) is 7.83. The zero-order valence-corrected chi connectivity index (χ0v) is 11.2. The molecule has 2 atom stereocenters. The summed E-state index contributed by atoms with van der Waals surface area (Å²) in [6.45, 7) is 0. The van der Waals surface area contributed by atoms with Crippen LogP contribution in [0.4, 0.5) is 0 Å². The van der Waals surface area contributed by atoms with Crippen molar-refractivity contribution in [2.24, 2.45) is 0 Å². The number of halogens is 1. The summed E-state index contributed by atoms with van der Waals surface area (Å²) in [6.07, 6.45) is 4.00. The van der Waals surface area contributed by atoms with Gasteiger partial charge in [-0.2, -0.15) is 11.8 Å². The number of hydrogen-bond acceptors (Lipinski definition) is 2. The molecule has 16 heavy (non-hydrogen) atoms. The minimum absolute atomic E-state index is 0.388. The summed E-state index contributed by atoms with van der Waals surface area (Å²) >= 11 is 8.35. The Morgan fingerprint density at radius 3 is 2.81 bits per heavy atom. The highest BCUT2D eigenvalue weighted by molar-refractivity contribution is 8.00. The lowest BCUT2D eigenvalue weighted by atomic mass is 9.99. The Morgan fingerprint density at radius 2 is 2.19 bits per heavy atom. The summed E-state index contributed by atoms with van der Waals surface area (Å²) in [6, 6.07) is 8.57. The number of rotatable bonds is 3. The molecule has 1 aromatic carbocycles. The quantitative estimate of drug-likeness (QED) is 0.880. The van der Waals surface area contributed by atoms with E-state index in [1.54, 1.807) is 0 Å². The molecule has 3 heteroatoms. The van der Waals surface area contributed by atoms with Crippen LogP contribution >= 0.6 is 23.4 Å². The van der Waals surface area contributed by atoms with Gasteiger partial charge in [0.05, 0.1) is 0 Å². The largest absolute Gasteiger partial charge is 0.312 e. The molecular formula is C13H18ClNS. The Hall–Kier alpha value is -0.180. The molecule has 1 aromatic rings. The van der Waals surface area contributed by atoms with E-state index in [1.165, 1.54) is 30.6 Å². The molecule has 2 rings (SSSR count). The van der Waals surface area contributed by atoms with E-state index < -0.39 is 0 Å². The summed E-state index contributed by atoms with van der Waals surface area (Å²) in [5.41, 5.74) is 1.24. The molecule has 1 saturated heterocycles. The van der Waals surface area contributed by atoms with Crippen molar-refractivity contribution in [1.29, 1.82) is 0 Å². The van der Waals surface area contributed by atoms with Crippen LogP contribution in [-0.4, -0.2) is 18.1 Å². The molecule has 2 unspecified atom stereocenters. The molecule has 0 saturated carbocycles. The first-order valence-electron chi connectivity index (χ1n) is 5.86. The van der Waals surface area contributed by atoms with Crippen LogP contribution in [0.2, 0.25) is 5.02 Å². The molecular weight excluding hydrogens is 238 g/mol. The minimum atomic E-state index is 0.388. The van der Waals surface area contributed by atoms with E-state index in [0.717, 1.165) is 5.02 Å². The van der Waals surface area contributed by atoms with Gasteiger partial charge in [0.2, 0.25) is 0 Å². The summed E-state index contributed by atoms with van der Waals surface area (Å²) in [4.78, 5) is 0. The molecule has 0 aromatic heterocycles. The van der Waals surface area contributed by atoms with Crippen LogP contribution in [0.5, 0.6) is 0 Å². The molecule has 1 N–H and O–H groups in total. The second-order valence-electron chi connectivity index (χ2n) is 4.19. The van der Waals surface area contributed by atoms with Crippen molar-refractivity contribution in [2.75, 3.05) is 12.8 Å². The van der Waals surface area contributed by atoms with Gasteiger partial charge in [0.1, 0.15) is 0 Å². The van der Waals surface area contributed by atoms with Crippen molar-refractivity contribution in [3.05, 3.63) is 34.9 Å². The van der Waals surface area contributed by atoms with Gasteiger partial charge >= 0.3 is 0 Å². The molecule has 0 spiro atoms. The average molecular weight is 256 g/mol. The van der Waals surface area contributed by atoms with Crippen LogP contribution in [0, 0.1) is 0 Å². The van der Waals surface area contributed by atoms with Gasteiger partial charge in [-0.25, -0.2) is 0 Å². The van der Waals surface area contributed by atoms with Gasteiger partial charge in [0.15, 0.2) is 0 Å². The Balaban J connectivity index is 2.18. The smallest absolute Gasteiger partial charge is 0.0454 e. The van der Waals surface area contributed by atoms with E-state index in [2.05, 4.69) is 29.2 Å². The number of nitrogens with one attached hydrogen (secondary N) is 1. The maximum atomic E-state index is 6.27. The molecule has 0 aliphatic carbocycles. The SMILES string of the molecule is CNC(c1ccccc1Cl)C1CCCCS1. The maximum absolute atomic E-state index is 6.27. The van der Waals surface area contributed by atoms with Crippen molar-refractivity contribution in [2.45, 2.75) is 30.6 Å². The van der Waals surface area contributed by atoms with Crippen LogP contribution in [0.25, 0.3) is 0 Å². The second kappa shape index (κ2) is 5.95. The van der Waals surface area contributed by atoms with E-state index in [-0.39, 0.29) is 0 Å². The molecule has 1 fully saturated rings. The maximum Gasteiger partial charge on any atom is 0.0454 e. The highest BCUT2D eigenvalue weighted by Gasteiger charge is 2.25. The fourth-order valence-corrected chi connectivity index (χ4v) is 4.03. The number of hydrogen-bond donors (Lipinski definition) is 1. The Morgan fingerprint density at radius 1 is 1.38 bits per heavy atom. The standard InChI is InChI=1S/C13H18ClNS/c1-15-13(12-8-4-5-9-16-12)10-6-2-3-7-11(10)14/h2-3,6-7,12-13,15H,4-5,8-9H2,1H3. The third-order valence-electron chi connectivity index (χ3n) is 3.14. The van der Waals surface area contributed by atoms with Gasteiger partial charge < -0.3 is 5.32 Å². The molecule has 0 radical (unpaired) electrons. The summed E-state index contributed by atoms with van der Waals surface area (Å²) in [5, 5.41) is 4.97. The Labute approximate surface area is 107 Å². The first kappa shape index (κ1) is 12.3. The second-order valence-corrected chi connectivity index (χ2v) is 5.95. The summed E-state index contributed by atoms with van der Waals surface area (Å²) in [7, 11) is 2.03. The lowest BCUT2D eigenvalue weighted by Gasteiger charge is -2.30. The Kier molecular flexibility index (Phi) is 4.56. The fraction of sp³-hybridized carbons (Fsp3) is 0.538. The topological polar surface area (TPSA) is 12.0 Å². The third kappa shape index (κ3) is 2.73. The molecule has 1 heterocycles. The highest BCUT2D eigenvalue weighted by atomic mass is 35.5. The zero-order chi connectivity index (χ0) is 11.4.